The topological polar surface area (TPSA) is 25.2 Å². The first-order valence-electron chi connectivity index (χ1n) is 8.66. The number of rotatable bonds is 4. The smallest absolute Gasteiger partial charge is 0.178 e. The summed E-state index contributed by atoms with van der Waals surface area (Å²) in [4.78, 5) is 15.1. The molecule has 0 atom stereocenters. The maximum atomic E-state index is 12.8. The summed E-state index contributed by atoms with van der Waals surface area (Å²) < 4.78 is 2.13. The van der Waals surface area contributed by atoms with Gasteiger partial charge in [-0.05, 0) is 76.0 Å². The van der Waals surface area contributed by atoms with Crippen LogP contribution >= 0.6 is 11.6 Å². The van der Waals surface area contributed by atoms with Crippen LogP contribution in [-0.4, -0.2) is 34.9 Å². The lowest BCUT2D eigenvalue weighted by Crippen LogP contribution is -2.36. The van der Waals surface area contributed by atoms with Crippen molar-refractivity contribution in [2.45, 2.75) is 33.6 Å². The number of hydrogen-bond acceptors (Lipinski definition) is 2. The van der Waals surface area contributed by atoms with Gasteiger partial charge in [0.1, 0.15) is 0 Å². The van der Waals surface area contributed by atoms with E-state index in [0.717, 1.165) is 46.7 Å². The third-order valence-corrected chi connectivity index (χ3v) is 5.31. The van der Waals surface area contributed by atoms with Crippen LogP contribution in [0.5, 0.6) is 0 Å². The molecule has 0 spiro atoms. The van der Waals surface area contributed by atoms with Crippen LogP contribution in [0.2, 0.25) is 5.02 Å². The van der Waals surface area contributed by atoms with E-state index >= 15 is 0 Å². The van der Waals surface area contributed by atoms with Gasteiger partial charge in [-0.15, -0.1) is 0 Å². The summed E-state index contributed by atoms with van der Waals surface area (Å²) >= 11 is 5.98. The maximum absolute atomic E-state index is 12.8. The first-order chi connectivity index (χ1) is 11.5. The summed E-state index contributed by atoms with van der Waals surface area (Å²) in [6, 6.07) is 9.75. The van der Waals surface area contributed by atoms with Crippen LogP contribution < -0.4 is 0 Å². The van der Waals surface area contributed by atoms with Gasteiger partial charge in [-0.2, -0.15) is 0 Å². The Kier molecular flexibility index (Phi) is 5.12. The number of piperidine rings is 1. The first-order valence-corrected chi connectivity index (χ1v) is 9.04. The van der Waals surface area contributed by atoms with Crippen molar-refractivity contribution in [3.8, 4) is 5.69 Å². The number of carbonyl (C=O) groups excluding carboxylic acids is 1. The molecular weight excluding hydrogens is 320 g/mol. The highest BCUT2D eigenvalue weighted by molar-refractivity contribution is 6.30. The summed E-state index contributed by atoms with van der Waals surface area (Å²) in [5, 5.41) is 0.719. The Morgan fingerprint density at radius 1 is 1.17 bits per heavy atom. The zero-order chi connectivity index (χ0) is 17.3. The van der Waals surface area contributed by atoms with Gasteiger partial charge in [0.2, 0.25) is 0 Å². The van der Waals surface area contributed by atoms with E-state index in [-0.39, 0.29) is 5.78 Å². The summed E-state index contributed by atoms with van der Waals surface area (Å²) in [7, 11) is 0. The van der Waals surface area contributed by atoms with Gasteiger partial charge in [0.05, 0.1) is 6.54 Å². The average Bonchev–Trinajstić information content (AvgIpc) is 2.85. The van der Waals surface area contributed by atoms with Crippen molar-refractivity contribution < 1.29 is 4.79 Å². The summed E-state index contributed by atoms with van der Waals surface area (Å²) in [6.45, 7) is 8.94. The number of benzene rings is 1. The third kappa shape index (κ3) is 3.57. The van der Waals surface area contributed by atoms with Gasteiger partial charge in [-0.1, -0.05) is 18.5 Å². The first kappa shape index (κ1) is 17.2. The van der Waals surface area contributed by atoms with Crippen molar-refractivity contribution in [1.82, 2.24) is 9.47 Å². The Labute approximate surface area is 149 Å². The zero-order valence-electron chi connectivity index (χ0n) is 14.7. The molecule has 3 nitrogen and oxygen atoms in total. The Hall–Kier alpha value is -1.58. The molecule has 2 aromatic rings. The number of hydrogen-bond donors (Lipinski definition) is 0. The Morgan fingerprint density at radius 3 is 2.42 bits per heavy atom. The summed E-state index contributed by atoms with van der Waals surface area (Å²) in [5.41, 5.74) is 3.96. The monoisotopic (exact) mass is 344 g/mol. The van der Waals surface area contributed by atoms with Crippen molar-refractivity contribution >= 4 is 17.4 Å². The minimum absolute atomic E-state index is 0.220. The van der Waals surface area contributed by atoms with Gasteiger partial charge in [0.25, 0.3) is 0 Å². The molecule has 0 saturated carbocycles. The normalized spacial score (nSPS) is 16.5. The van der Waals surface area contributed by atoms with E-state index in [1.54, 1.807) is 0 Å². The van der Waals surface area contributed by atoms with Crippen molar-refractivity contribution in [3.63, 3.8) is 0 Å². The second kappa shape index (κ2) is 7.12. The molecule has 0 bridgehead atoms. The molecule has 1 aliphatic rings. The van der Waals surface area contributed by atoms with Crippen LogP contribution in [0.15, 0.2) is 30.3 Å². The fourth-order valence-corrected chi connectivity index (χ4v) is 3.67. The lowest BCUT2D eigenvalue weighted by molar-refractivity contribution is 0.0899. The number of aromatic nitrogens is 1. The number of halogens is 1. The van der Waals surface area contributed by atoms with Crippen LogP contribution in [-0.2, 0) is 0 Å². The van der Waals surface area contributed by atoms with Gasteiger partial charge in [0.15, 0.2) is 5.78 Å². The second-order valence-electron chi connectivity index (χ2n) is 6.98. The van der Waals surface area contributed by atoms with Crippen molar-refractivity contribution in [2.75, 3.05) is 19.6 Å². The molecular formula is C20H25ClN2O. The molecule has 3 rings (SSSR count). The fourth-order valence-electron chi connectivity index (χ4n) is 3.54. The number of carbonyl (C=O) groups is 1. The molecule has 24 heavy (non-hydrogen) atoms. The molecule has 1 aromatic heterocycles. The number of aryl methyl sites for hydroxylation is 1. The molecule has 1 saturated heterocycles. The van der Waals surface area contributed by atoms with Gasteiger partial charge < -0.3 is 4.57 Å². The largest absolute Gasteiger partial charge is 0.318 e. The Balaban J connectivity index is 1.80. The highest BCUT2D eigenvalue weighted by atomic mass is 35.5. The van der Waals surface area contributed by atoms with E-state index in [0.29, 0.717) is 6.54 Å². The van der Waals surface area contributed by atoms with Gasteiger partial charge in [0, 0.05) is 27.7 Å². The molecule has 0 radical (unpaired) electrons. The molecule has 0 N–H and O–H groups in total. The quantitative estimate of drug-likeness (QED) is 0.753. The molecule has 1 fully saturated rings. The van der Waals surface area contributed by atoms with E-state index in [1.807, 2.05) is 44.2 Å². The molecule has 1 aromatic carbocycles. The molecule has 4 heteroatoms. The predicted octanol–water partition coefficient (Wildman–Crippen LogP) is 4.66. The SMILES string of the molecule is Cc1cc(C(=O)CN2CCC(C)CC2)c(C)n1-c1ccc(Cl)cc1. The Bertz CT molecular complexity index is 725. The highest BCUT2D eigenvalue weighted by Crippen LogP contribution is 2.23. The summed E-state index contributed by atoms with van der Waals surface area (Å²) in [6.07, 6.45) is 2.38. The van der Waals surface area contributed by atoms with Gasteiger partial charge in [-0.3, -0.25) is 9.69 Å². The molecule has 128 valence electrons. The van der Waals surface area contributed by atoms with E-state index in [9.17, 15) is 4.79 Å². The molecule has 0 amide bonds. The van der Waals surface area contributed by atoms with Crippen LogP contribution in [0, 0.1) is 19.8 Å². The second-order valence-corrected chi connectivity index (χ2v) is 7.41. The van der Waals surface area contributed by atoms with Crippen LogP contribution in [0.4, 0.5) is 0 Å². The van der Waals surface area contributed by atoms with Crippen molar-refractivity contribution in [3.05, 3.63) is 52.3 Å². The lowest BCUT2D eigenvalue weighted by atomic mass is 9.99. The van der Waals surface area contributed by atoms with Crippen LogP contribution in [0.1, 0.15) is 41.5 Å². The number of Topliss-reactive ketones (excluding diaryl/α,β-unsaturated/α-hetero) is 1. The number of likely N-dealkylation sites (tertiary alicyclic amines) is 1. The molecule has 0 unspecified atom stereocenters. The predicted molar refractivity (Wildman–Crippen MR) is 99.4 cm³/mol. The van der Waals surface area contributed by atoms with E-state index in [1.165, 1.54) is 12.8 Å². The molecule has 0 aliphatic carbocycles. The van der Waals surface area contributed by atoms with E-state index in [2.05, 4.69) is 16.4 Å². The highest BCUT2D eigenvalue weighted by Gasteiger charge is 2.21. The lowest BCUT2D eigenvalue weighted by Gasteiger charge is -2.29. The third-order valence-electron chi connectivity index (χ3n) is 5.06. The van der Waals surface area contributed by atoms with Crippen LogP contribution in [0.3, 0.4) is 0 Å². The standard InChI is InChI=1S/C20H25ClN2O/c1-14-8-10-22(11-9-14)13-20(24)19-12-15(2)23(16(19)3)18-6-4-17(21)5-7-18/h4-7,12,14H,8-11,13H2,1-3H3. The average molecular weight is 345 g/mol. The van der Waals surface area contributed by atoms with Crippen molar-refractivity contribution in [2.24, 2.45) is 5.92 Å². The Morgan fingerprint density at radius 2 is 1.79 bits per heavy atom. The maximum Gasteiger partial charge on any atom is 0.178 e. The minimum Gasteiger partial charge on any atom is -0.318 e. The van der Waals surface area contributed by atoms with E-state index in [4.69, 9.17) is 11.6 Å². The van der Waals surface area contributed by atoms with Crippen molar-refractivity contribution in [1.29, 1.82) is 0 Å². The number of ketones is 1. The molecule has 2 heterocycles. The fraction of sp³-hybridized carbons (Fsp3) is 0.450. The minimum atomic E-state index is 0.220. The van der Waals surface area contributed by atoms with Gasteiger partial charge in [-0.25, -0.2) is 0 Å². The number of nitrogens with zero attached hydrogens (tertiary/aromatic N) is 2. The summed E-state index contributed by atoms with van der Waals surface area (Å²) in [5.74, 6) is 1.00. The van der Waals surface area contributed by atoms with E-state index < -0.39 is 0 Å². The molecule has 1 aliphatic heterocycles. The van der Waals surface area contributed by atoms with Crippen LogP contribution in [0.25, 0.3) is 5.69 Å². The zero-order valence-corrected chi connectivity index (χ0v) is 15.4. The van der Waals surface area contributed by atoms with Gasteiger partial charge >= 0.3 is 0 Å².